The lowest BCUT2D eigenvalue weighted by atomic mass is 10.1. The number of likely N-dealkylation sites (N-methyl/N-ethyl adjacent to an activating group) is 1. The van der Waals surface area contributed by atoms with Crippen LogP contribution in [0.15, 0.2) is 48.7 Å². The summed E-state index contributed by atoms with van der Waals surface area (Å²) in [6, 6.07) is 14.7. The third kappa shape index (κ3) is 4.44. The smallest absolute Gasteiger partial charge is 0.0416 e. The average molecular weight is 269 g/mol. The van der Waals surface area contributed by atoms with E-state index in [4.69, 9.17) is 0 Å². The van der Waals surface area contributed by atoms with Crippen LogP contribution in [0.2, 0.25) is 0 Å². The summed E-state index contributed by atoms with van der Waals surface area (Å²) in [5.41, 5.74) is 3.92. The fourth-order valence-electron chi connectivity index (χ4n) is 2.30. The van der Waals surface area contributed by atoms with E-state index in [9.17, 15) is 0 Å². The maximum absolute atomic E-state index is 4.37. The monoisotopic (exact) mass is 269 g/mol. The first kappa shape index (κ1) is 14.7. The van der Waals surface area contributed by atoms with E-state index in [1.807, 2.05) is 25.4 Å². The number of hydrogen-bond donors (Lipinski definition) is 1. The molecule has 3 heteroatoms. The van der Waals surface area contributed by atoms with Crippen LogP contribution in [0.25, 0.3) is 0 Å². The van der Waals surface area contributed by atoms with Gasteiger partial charge in [-0.05, 0) is 37.4 Å². The van der Waals surface area contributed by atoms with Gasteiger partial charge in [-0.1, -0.05) is 30.3 Å². The minimum Gasteiger partial charge on any atom is -0.316 e. The van der Waals surface area contributed by atoms with E-state index in [1.165, 1.54) is 11.1 Å². The Balaban J connectivity index is 1.89. The van der Waals surface area contributed by atoms with Crippen LogP contribution in [0, 0.1) is 0 Å². The van der Waals surface area contributed by atoms with Crippen LogP contribution < -0.4 is 5.32 Å². The Kier molecular flexibility index (Phi) is 5.71. The zero-order valence-corrected chi connectivity index (χ0v) is 12.3. The number of rotatable bonds is 7. The normalized spacial score (nSPS) is 10.9. The molecule has 0 fully saturated rings. The third-order valence-electron chi connectivity index (χ3n) is 3.40. The average Bonchev–Trinajstić information content (AvgIpc) is 2.49. The highest BCUT2D eigenvalue weighted by Gasteiger charge is 2.05. The number of benzene rings is 1. The summed E-state index contributed by atoms with van der Waals surface area (Å²) >= 11 is 0. The zero-order valence-electron chi connectivity index (χ0n) is 12.3. The minimum atomic E-state index is 0.921. The Morgan fingerprint density at radius 2 is 1.80 bits per heavy atom. The summed E-state index contributed by atoms with van der Waals surface area (Å²) in [4.78, 5) is 6.72. The molecule has 3 nitrogen and oxygen atoms in total. The molecule has 0 saturated heterocycles. The van der Waals surface area contributed by atoms with Crippen molar-refractivity contribution in [2.75, 3.05) is 20.6 Å². The largest absolute Gasteiger partial charge is 0.316 e. The van der Waals surface area contributed by atoms with E-state index < -0.39 is 0 Å². The molecule has 0 aliphatic heterocycles. The van der Waals surface area contributed by atoms with Crippen molar-refractivity contribution >= 4 is 0 Å². The Bertz CT molecular complexity index is 511. The lowest BCUT2D eigenvalue weighted by Gasteiger charge is -2.18. The van der Waals surface area contributed by atoms with Gasteiger partial charge in [-0.3, -0.25) is 4.98 Å². The first-order valence-electron chi connectivity index (χ1n) is 7.09. The van der Waals surface area contributed by atoms with Gasteiger partial charge in [-0.25, -0.2) is 0 Å². The van der Waals surface area contributed by atoms with Crippen molar-refractivity contribution < 1.29 is 0 Å². The van der Waals surface area contributed by atoms with Gasteiger partial charge in [0, 0.05) is 37.9 Å². The van der Waals surface area contributed by atoms with Crippen molar-refractivity contribution in [3.8, 4) is 0 Å². The molecule has 1 aromatic heterocycles. The van der Waals surface area contributed by atoms with Crippen molar-refractivity contribution in [3.05, 3.63) is 65.5 Å². The lowest BCUT2D eigenvalue weighted by molar-refractivity contribution is 0.329. The summed E-state index contributed by atoms with van der Waals surface area (Å²) in [7, 11) is 4.15. The molecule has 0 radical (unpaired) electrons. The molecule has 0 bridgehead atoms. The molecule has 1 aromatic carbocycles. The van der Waals surface area contributed by atoms with Gasteiger partial charge < -0.3 is 10.2 Å². The Morgan fingerprint density at radius 3 is 2.50 bits per heavy atom. The van der Waals surface area contributed by atoms with Gasteiger partial charge in [0.1, 0.15) is 0 Å². The van der Waals surface area contributed by atoms with Gasteiger partial charge in [0.25, 0.3) is 0 Å². The molecule has 0 unspecified atom stereocenters. The molecule has 0 atom stereocenters. The van der Waals surface area contributed by atoms with Gasteiger partial charge in [0.05, 0.1) is 0 Å². The summed E-state index contributed by atoms with van der Waals surface area (Å²) in [6.45, 7) is 2.92. The molecule has 0 amide bonds. The molecular weight excluding hydrogens is 246 g/mol. The molecular formula is C17H23N3. The second kappa shape index (κ2) is 7.78. The summed E-state index contributed by atoms with van der Waals surface area (Å²) in [6.07, 6.45) is 2.85. The number of nitrogens with one attached hydrogen (secondary N) is 1. The van der Waals surface area contributed by atoms with Crippen molar-refractivity contribution in [2.45, 2.75) is 19.5 Å². The maximum atomic E-state index is 4.37. The van der Waals surface area contributed by atoms with Gasteiger partial charge in [-0.15, -0.1) is 0 Å². The lowest BCUT2D eigenvalue weighted by Crippen LogP contribution is -2.22. The minimum absolute atomic E-state index is 0.921. The molecule has 0 aliphatic carbocycles. The standard InChI is InChI=1S/C17H23N3/c1-18-13-15-7-3-4-8-16(15)14-20(2)12-10-17-9-5-6-11-19-17/h3-9,11,18H,10,12-14H2,1-2H3. The van der Waals surface area contributed by atoms with Gasteiger partial charge in [-0.2, -0.15) is 0 Å². The summed E-state index contributed by atoms with van der Waals surface area (Å²) < 4.78 is 0. The second-order valence-electron chi connectivity index (χ2n) is 5.11. The fourth-order valence-corrected chi connectivity index (χ4v) is 2.30. The predicted molar refractivity (Wildman–Crippen MR) is 83.5 cm³/mol. The van der Waals surface area contributed by atoms with Crippen LogP contribution in [0.5, 0.6) is 0 Å². The Morgan fingerprint density at radius 1 is 1.05 bits per heavy atom. The molecule has 0 spiro atoms. The molecule has 2 aromatic rings. The number of pyridine rings is 1. The Hall–Kier alpha value is -1.71. The summed E-state index contributed by atoms with van der Waals surface area (Å²) in [5, 5.41) is 3.23. The number of nitrogens with zero attached hydrogens (tertiary/aromatic N) is 2. The van der Waals surface area contributed by atoms with Crippen LogP contribution in [-0.2, 0) is 19.5 Å². The predicted octanol–water partition coefficient (Wildman–Crippen LogP) is 2.48. The van der Waals surface area contributed by atoms with Crippen LogP contribution in [0.1, 0.15) is 16.8 Å². The van der Waals surface area contributed by atoms with Crippen molar-refractivity contribution in [1.82, 2.24) is 15.2 Å². The van der Waals surface area contributed by atoms with Crippen LogP contribution >= 0.6 is 0 Å². The van der Waals surface area contributed by atoms with E-state index in [1.54, 1.807) is 0 Å². The van der Waals surface area contributed by atoms with E-state index >= 15 is 0 Å². The quantitative estimate of drug-likeness (QED) is 0.837. The molecule has 0 aliphatic rings. The first-order chi connectivity index (χ1) is 9.79. The fraction of sp³-hybridized carbons (Fsp3) is 0.353. The molecule has 0 saturated carbocycles. The first-order valence-corrected chi connectivity index (χ1v) is 7.09. The topological polar surface area (TPSA) is 28.2 Å². The number of aromatic nitrogens is 1. The van der Waals surface area contributed by atoms with E-state index in [0.717, 1.165) is 31.7 Å². The second-order valence-corrected chi connectivity index (χ2v) is 5.11. The van der Waals surface area contributed by atoms with Gasteiger partial charge >= 0.3 is 0 Å². The van der Waals surface area contributed by atoms with Crippen molar-refractivity contribution in [1.29, 1.82) is 0 Å². The van der Waals surface area contributed by atoms with Gasteiger partial charge in [0.2, 0.25) is 0 Å². The van der Waals surface area contributed by atoms with Crippen molar-refractivity contribution in [2.24, 2.45) is 0 Å². The number of hydrogen-bond acceptors (Lipinski definition) is 3. The maximum Gasteiger partial charge on any atom is 0.0416 e. The molecule has 20 heavy (non-hydrogen) atoms. The van der Waals surface area contributed by atoms with Crippen molar-refractivity contribution in [3.63, 3.8) is 0 Å². The zero-order chi connectivity index (χ0) is 14.2. The highest BCUT2D eigenvalue weighted by Crippen LogP contribution is 2.11. The molecule has 106 valence electrons. The Labute approximate surface area is 121 Å². The highest BCUT2D eigenvalue weighted by molar-refractivity contribution is 5.26. The van der Waals surface area contributed by atoms with E-state index in [2.05, 4.69) is 52.6 Å². The van der Waals surface area contributed by atoms with Crippen LogP contribution in [-0.4, -0.2) is 30.5 Å². The molecule has 1 heterocycles. The SMILES string of the molecule is CNCc1ccccc1CN(C)CCc1ccccn1. The van der Waals surface area contributed by atoms with Gasteiger partial charge in [0.15, 0.2) is 0 Å². The third-order valence-corrected chi connectivity index (χ3v) is 3.40. The van der Waals surface area contributed by atoms with E-state index in [0.29, 0.717) is 0 Å². The highest BCUT2D eigenvalue weighted by atomic mass is 15.1. The van der Waals surface area contributed by atoms with E-state index in [-0.39, 0.29) is 0 Å². The molecule has 2 rings (SSSR count). The molecule has 1 N–H and O–H groups in total. The van der Waals surface area contributed by atoms with Crippen LogP contribution in [0.3, 0.4) is 0 Å². The van der Waals surface area contributed by atoms with Crippen LogP contribution in [0.4, 0.5) is 0 Å². The summed E-state index contributed by atoms with van der Waals surface area (Å²) in [5.74, 6) is 0.